The molecular formula is C14H19N3O4. The van der Waals surface area contributed by atoms with Crippen LogP contribution in [0.4, 0.5) is 11.4 Å². The number of nitro benzene ring substituents is 1. The molecule has 1 heterocycles. The van der Waals surface area contributed by atoms with E-state index in [-0.39, 0.29) is 23.6 Å². The van der Waals surface area contributed by atoms with Crippen molar-refractivity contribution in [2.45, 2.75) is 32.9 Å². The normalized spacial score (nSPS) is 19.2. The molecule has 1 aromatic carbocycles. The quantitative estimate of drug-likeness (QED) is 0.672. The lowest BCUT2D eigenvalue weighted by molar-refractivity contribution is -0.384. The fraction of sp³-hybridized carbons (Fsp3) is 0.500. The van der Waals surface area contributed by atoms with Crippen LogP contribution < -0.4 is 15.4 Å². The van der Waals surface area contributed by atoms with Crippen LogP contribution >= 0.6 is 0 Å². The topological polar surface area (TPSA) is 98.7 Å². The van der Waals surface area contributed by atoms with Gasteiger partial charge in [0.25, 0.3) is 11.6 Å². The van der Waals surface area contributed by atoms with Crippen molar-refractivity contribution in [1.29, 1.82) is 0 Å². The van der Waals surface area contributed by atoms with Crippen LogP contribution in [0.2, 0.25) is 0 Å². The number of non-ortho nitro benzene ring substituents is 1. The fourth-order valence-electron chi connectivity index (χ4n) is 2.33. The molecule has 7 heteroatoms. The van der Waals surface area contributed by atoms with E-state index in [2.05, 4.69) is 0 Å². The molecule has 21 heavy (non-hydrogen) atoms. The molecule has 0 spiro atoms. The van der Waals surface area contributed by atoms with E-state index in [9.17, 15) is 14.9 Å². The van der Waals surface area contributed by atoms with Gasteiger partial charge in [-0.2, -0.15) is 0 Å². The van der Waals surface area contributed by atoms with Crippen molar-refractivity contribution in [3.63, 3.8) is 0 Å². The van der Waals surface area contributed by atoms with Crippen molar-refractivity contribution in [2.75, 3.05) is 11.4 Å². The molecule has 0 fully saturated rings. The number of rotatable bonds is 4. The van der Waals surface area contributed by atoms with Crippen molar-refractivity contribution >= 4 is 17.3 Å². The molecule has 7 nitrogen and oxygen atoms in total. The molecule has 1 aromatic rings. The second-order valence-corrected chi connectivity index (χ2v) is 5.48. The standard InChI is InChI=1S/C14H19N3O4/c1-8(2)13-14(18)16(9(3)7-15)11-5-4-10(17(19)20)6-12(11)21-13/h4-6,8-9,13H,7,15H2,1-3H3. The van der Waals surface area contributed by atoms with Crippen LogP contribution in [0.1, 0.15) is 20.8 Å². The van der Waals surface area contributed by atoms with E-state index in [1.165, 1.54) is 18.2 Å². The van der Waals surface area contributed by atoms with Crippen molar-refractivity contribution in [3.05, 3.63) is 28.3 Å². The Kier molecular flexibility index (Phi) is 4.13. The number of nitrogens with two attached hydrogens (primary N) is 1. The van der Waals surface area contributed by atoms with E-state index >= 15 is 0 Å². The molecule has 2 unspecified atom stereocenters. The van der Waals surface area contributed by atoms with E-state index in [1.54, 1.807) is 4.90 Å². The Hall–Kier alpha value is -2.15. The number of benzene rings is 1. The number of hydrogen-bond acceptors (Lipinski definition) is 5. The summed E-state index contributed by atoms with van der Waals surface area (Å²) in [6.45, 7) is 5.88. The van der Waals surface area contributed by atoms with Gasteiger partial charge < -0.3 is 15.4 Å². The van der Waals surface area contributed by atoms with Crippen molar-refractivity contribution in [1.82, 2.24) is 0 Å². The molecule has 0 aromatic heterocycles. The van der Waals surface area contributed by atoms with E-state index in [0.29, 0.717) is 18.0 Å². The molecule has 0 radical (unpaired) electrons. The summed E-state index contributed by atoms with van der Waals surface area (Å²) >= 11 is 0. The Morgan fingerprint density at radius 3 is 2.62 bits per heavy atom. The summed E-state index contributed by atoms with van der Waals surface area (Å²) < 4.78 is 5.68. The van der Waals surface area contributed by atoms with Gasteiger partial charge in [-0.05, 0) is 18.9 Å². The van der Waals surface area contributed by atoms with Gasteiger partial charge in [-0.25, -0.2) is 0 Å². The van der Waals surface area contributed by atoms with Crippen LogP contribution in [-0.2, 0) is 4.79 Å². The molecule has 1 aliphatic rings. The molecule has 2 N–H and O–H groups in total. The van der Waals surface area contributed by atoms with Gasteiger partial charge in [-0.1, -0.05) is 13.8 Å². The van der Waals surface area contributed by atoms with Gasteiger partial charge in [-0.3, -0.25) is 14.9 Å². The number of amides is 1. The van der Waals surface area contributed by atoms with Crippen LogP contribution in [0.5, 0.6) is 5.75 Å². The first kappa shape index (κ1) is 15.2. The summed E-state index contributed by atoms with van der Waals surface area (Å²) in [6.07, 6.45) is -0.659. The number of ether oxygens (including phenoxy) is 1. The van der Waals surface area contributed by atoms with E-state index < -0.39 is 11.0 Å². The number of nitro groups is 1. The Morgan fingerprint density at radius 1 is 1.43 bits per heavy atom. The van der Waals surface area contributed by atoms with Crippen LogP contribution in [0.25, 0.3) is 0 Å². The summed E-state index contributed by atoms with van der Waals surface area (Å²) in [5.74, 6) is 0.143. The predicted molar refractivity (Wildman–Crippen MR) is 78.4 cm³/mol. The number of fused-ring (bicyclic) bond motifs is 1. The lowest BCUT2D eigenvalue weighted by atomic mass is 10.0. The Labute approximate surface area is 122 Å². The zero-order chi connectivity index (χ0) is 15.7. The first-order chi connectivity index (χ1) is 9.86. The highest BCUT2D eigenvalue weighted by atomic mass is 16.6. The maximum absolute atomic E-state index is 12.6. The number of hydrogen-bond donors (Lipinski definition) is 1. The van der Waals surface area contributed by atoms with Crippen LogP contribution in [0.3, 0.4) is 0 Å². The van der Waals surface area contributed by atoms with Crippen LogP contribution in [0, 0.1) is 16.0 Å². The summed E-state index contributed by atoms with van der Waals surface area (Å²) in [6, 6.07) is 4.05. The van der Waals surface area contributed by atoms with E-state index in [4.69, 9.17) is 10.5 Å². The zero-order valence-electron chi connectivity index (χ0n) is 12.3. The summed E-state index contributed by atoms with van der Waals surface area (Å²) in [5.41, 5.74) is 6.14. The molecule has 0 saturated heterocycles. The van der Waals surface area contributed by atoms with Crippen molar-refractivity contribution in [2.24, 2.45) is 11.7 Å². The van der Waals surface area contributed by atoms with Gasteiger partial charge in [0.15, 0.2) is 11.9 Å². The van der Waals surface area contributed by atoms with Gasteiger partial charge in [0.05, 0.1) is 16.7 Å². The van der Waals surface area contributed by atoms with Gasteiger partial charge in [0.2, 0.25) is 0 Å². The first-order valence-electron chi connectivity index (χ1n) is 6.85. The highest BCUT2D eigenvalue weighted by Gasteiger charge is 2.38. The molecule has 0 aliphatic carbocycles. The minimum absolute atomic E-state index is 0.0441. The fourth-order valence-corrected chi connectivity index (χ4v) is 2.33. The molecule has 2 atom stereocenters. The molecule has 0 saturated carbocycles. The van der Waals surface area contributed by atoms with Crippen molar-refractivity contribution < 1.29 is 14.5 Å². The monoisotopic (exact) mass is 293 g/mol. The summed E-state index contributed by atoms with van der Waals surface area (Å²) in [5, 5.41) is 10.9. The smallest absolute Gasteiger partial charge is 0.273 e. The maximum atomic E-state index is 12.6. The van der Waals surface area contributed by atoms with Crippen LogP contribution in [0.15, 0.2) is 18.2 Å². The third kappa shape index (κ3) is 2.69. The molecule has 1 amide bonds. The molecule has 0 bridgehead atoms. The Balaban J connectivity index is 2.53. The van der Waals surface area contributed by atoms with Gasteiger partial charge in [0.1, 0.15) is 0 Å². The largest absolute Gasteiger partial charge is 0.478 e. The highest BCUT2D eigenvalue weighted by molar-refractivity contribution is 6.00. The molecule has 114 valence electrons. The second kappa shape index (κ2) is 5.69. The lowest BCUT2D eigenvalue weighted by Gasteiger charge is -2.38. The zero-order valence-corrected chi connectivity index (χ0v) is 12.3. The van der Waals surface area contributed by atoms with E-state index in [1.807, 2.05) is 20.8 Å². The Morgan fingerprint density at radius 2 is 2.10 bits per heavy atom. The Bertz CT molecular complexity index is 573. The van der Waals surface area contributed by atoms with Gasteiger partial charge in [0, 0.05) is 18.7 Å². The number of anilines is 1. The average Bonchev–Trinajstić information content (AvgIpc) is 2.44. The molecular weight excluding hydrogens is 274 g/mol. The van der Waals surface area contributed by atoms with Crippen LogP contribution in [-0.4, -0.2) is 29.5 Å². The lowest BCUT2D eigenvalue weighted by Crippen LogP contribution is -2.53. The summed E-state index contributed by atoms with van der Waals surface area (Å²) in [7, 11) is 0. The molecule has 2 rings (SSSR count). The third-order valence-electron chi connectivity index (χ3n) is 3.54. The average molecular weight is 293 g/mol. The number of nitrogens with zero attached hydrogens (tertiary/aromatic N) is 2. The second-order valence-electron chi connectivity index (χ2n) is 5.48. The van der Waals surface area contributed by atoms with Crippen molar-refractivity contribution in [3.8, 4) is 5.75 Å². The SMILES string of the molecule is CC(C)C1Oc2cc([N+](=O)[O-])ccc2N(C(C)CN)C1=O. The maximum Gasteiger partial charge on any atom is 0.273 e. The predicted octanol–water partition coefficient (Wildman–Crippen LogP) is 1.69. The summed E-state index contributed by atoms with van der Waals surface area (Å²) in [4.78, 5) is 24.5. The third-order valence-corrected chi connectivity index (χ3v) is 3.54. The van der Waals surface area contributed by atoms with Gasteiger partial charge >= 0.3 is 0 Å². The van der Waals surface area contributed by atoms with Gasteiger partial charge in [-0.15, -0.1) is 0 Å². The minimum Gasteiger partial charge on any atom is -0.478 e. The minimum atomic E-state index is -0.659. The number of carbonyl (C=O) groups excluding carboxylic acids is 1. The highest BCUT2D eigenvalue weighted by Crippen LogP contribution is 2.39. The van der Waals surface area contributed by atoms with E-state index in [0.717, 1.165) is 0 Å². The number of carbonyl (C=O) groups is 1. The molecule has 1 aliphatic heterocycles. The first-order valence-corrected chi connectivity index (χ1v) is 6.85.